The summed E-state index contributed by atoms with van der Waals surface area (Å²) < 4.78 is -4.05. The van der Waals surface area contributed by atoms with Crippen molar-refractivity contribution >= 4 is 81.5 Å². The minimum atomic E-state index is -2.05. The maximum atomic E-state index is 12.8. The van der Waals surface area contributed by atoms with Crippen LogP contribution in [0, 0.1) is 0 Å². The van der Waals surface area contributed by atoms with E-state index in [1.165, 1.54) is 11.9 Å². The highest BCUT2D eigenvalue weighted by atomic mass is 35.6. The summed E-state index contributed by atoms with van der Waals surface area (Å²) in [6, 6.07) is -0.674. The summed E-state index contributed by atoms with van der Waals surface area (Å²) >= 11 is 33.9. The largest absolute Gasteiger partial charge is 0.387 e. The zero-order valence-corrected chi connectivity index (χ0v) is 19.7. The SMILES string of the molecule is CNC(=O)N(CC(=O)N(CC(O)C(Cl)(Cl)Cl)C(C)(C)C)CC(O)C(Cl)(Cl)Cl. The molecule has 0 heterocycles. The maximum absolute atomic E-state index is 12.8. The quantitative estimate of drug-likeness (QED) is 0.480. The molecule has 0 radical (unpaired) electrons. The fourth-order valence-electron chi connectivity index (χ4n) is 1.96. The lowest BCUT2D eigenvalue weighted by atomic mass is 10.0. The zero-order chi connectivity index (χ0) is 21.8. The summed E-state index contributed by atoms with van der Waals surface area (Å²) in [5.41, 5.74) is -0.768. The molecule has 13 heteroatoms. The minimum absolute atomic E-state index is 0.298. The first-order valence-corrected chi connectivity index (χ1v) is 9.94. The monoisotopic (exact) mass is 507 g/mol. The van der Waals surface area contributed by atoms with Gasteiger partial charge in [0, 0.05) is 12.6 Å². The first kappa shape index (κ1) is 27.4. The molecular weight excluding hydrogens is 487 g/mol. The van der Waals surface area contributed by atoms with Crippen molar-refractivity contribution in [3.8, 4) is 0 Å². The highest BCUT2D eigenvalue weighted by molar-refractivity contribution is 6.68. The molecule has 2 atom stereocenters. The van der Waals surface area contributed by atoms with E-state index in [0.29, 0.717) is 0 Å². The fourth-order valence-corrected chi connectivity index (χ4v) is 2.38. The highest BCUT2D eigenvalue weighted by Crippen LogP contribution is 2.32. The Bertz CT molecular complexity index is 518. The highest BCUT2D eigenvalue weighted by Gasteiger charge is 2.39. The van der Waals surface area contributed by atoms with Gasteiger partial charge in [-0.1, -0.05) is 69.6 Å². The number of rotatable bonds is 6. The van der Waals surface area contributed by atoms with E-state index in [1.54, 1.807) is 20.8 Å². The third kappa shape index (κ3) is 9.63. The van der Waals surface area contributed by atoms with Gasteiger partial charge in [-0.15, -0.1) is 0 Å². The summed E-state index contributed by atoms with van der Waals surface area (Å²) in [6.45, 7) is 3.92. The molecule has 0 bridgehead atoms. The zero-order valence-electron chi connectivity index (χ0n) is 15.1. The van der Waals surface area contributed by atoms with Crippen LogP contribution in [0.15, 0.2) is 0 Å². The number of aliphatic hydroxyl groups is 2. The van der Waals surface area contributed by atoms with Gasteiger partial charge in [-0.25, -0.2) is 4.79 Å². The number of hydrogen-bond donors (Lipinski definition) is 3. The molecule has 0 aliphatic carbocycles. The molecule has 3 amide bonds. The number of carbonyl (C=O) groups is 2. The van der Waals surface area contributed by atoms with Crippen molar-refractivity contribution < 1.29 is 19.8 Å². The predicted molar refractivity (Wildman–Crippen MR) is 110 cm³/mol. The van der Waals surface area contributed by atoms with Crippen LogP contribution in [0.2, 0.25) is 0 Å². The molecule has 0 aliphatic rings. The van der Waals surface area contributed by atoms with Crippen LogP contribution in [-0.4, -0.2) is 84.0 Å². The van der Waals surface area contributed by atoms with E-state index in [1.807, 2.05) is 0 Å². The molecular formula is C14H23Cl6N3O4. The molecule has 160 valence electrons. The number of urea groups is 1. The molecule has 7 nitrogen and oxygen atoms in total. The molecule has 27 heavy (non-hydrogen) atoms. The topological polar surface area (TPSA) is 93.1 Å². The van der Waals surface area contributed by atoms with E-state index in [-0.39, 0.29) is 6.54 Å². The number of alkyl halides is 6. The minimum Gasteiger partial charge on any atom is -0.387 e. The molecule has 0 spiro atoms. The van der Waals surface area contributed by atoms with Crippen molar-refractivity contribution in [2.45, 2.75) is 46.1 Å². The Morgan fingerprint density at radius 3 is 1.67 bits per heavy atom. The Morgan fingerprint density at radius 1 is 0.926 bits per heavy atom. The van der Waals surface area contributed by atoms with Gasteiger partial charge in [-0.3, -0.25) is 4.79 Å². The number of β-amino-alcohol motifs (C(OH)–C–C–N with tert-alkyl or cyclic N) is 1. The second-order valence-corrected chi connectivity index (χ2v) is 11.5. The molecule has 0 rings (SSSR count). The molecule has 3 N–H and O–H groups in total. The van der Waals surface area contributed by atoms with E-state index in [4.69, 9.17) is 69.6 Å². The lowest BCUT2D eigenvalue weighted by Crippen LogP contribution is -2.56. The molecule has 0 fully saturated rings. The Morgan fingerprint density at radius 2 is 1.33 bits per heavy atom. The van der Waals surface area contributed by atoms with Crippen LogP contribution in [0.1, 0.15) is 20.8 Å². The Hall–Kier alpha value is 0.400. The summed E-state index contributed by atoms with van der Waals surface area (Å²) in [5.74, 6) is -0.573. The Labute approximate surface area is 188 Å². The second-order valence-electron chi connectivity index (χ2n) is 6.73. The number of aliphatic hydroxyl groups excluding tert-OH is 2. The molecule has 0 aromatic heterocycles. The molecule has 0 saturated heterocycles. The van der Waals surface area contributed by atoms with Crippen molar-refractivity contribution in [2.75, 3.05) is 26.7 Å². The van der Waals surface area contributed by atoms with Gasteiger partial charge < -0.3 is 25.3 Å². The lowest BCUT2D eigenvalue weighted by molar-refractivity contribution is -0.138. The summed E-state index contributed by atoms with van der Waals surface area (Å²) in [7, 11) is 1.34. The van der Waals surface area contributed by atoms with Crippen LogP contribution in [-0.2, 0) is 4.79 Å². The number of amides is 3. The molecule has 0 aliphatic heterocycles. The lowest BCUT2D eigenvalue weighted by Gasteiger charge is -2.39. The van der Waals surface area contributed by atoms with Gasteiger partial charge in [-0.2, -0.15) is 0 Å². The van der Waals surface area contributed by atoms with Crippen molar-refractivity contribution in [2.24, 2.45) is 0 Å². The van der Waals surface area contributed by atoms with Crippen LogP contribution >= 0.6 is 69.6 Å². The van der Waals surface area contributed by atoms with Gasteiger partial charge in [0.25, 0.3) is 0 Å². The fraction of sp³-hybridized carbons (Fsp3) is 0.857. The molecule has 2 unspecified atom stereocenters. The van der Waals surface area contributed by atoms with E-state index in [0.717, 1.165) is 4.90 Å². The van der Waals surface area contributed by atoms with Crippen LogP contribution in [0.5, 0.6) is 0 Å². The van der Waals surface area contributed by atoms with Crippen molar-refractivity contribution in [1.82, 2.24) is 15.1 Å². The van der Waals surface area contributed by atoms with Gasteiger partial charge in [0.1, 0.15) is 18.8 Å². The van der Waals surface area contributed by atoms with Crippen molar-refractivity contribution in [1.29, 1.82) is 0 Å². The summed E-state index contributed by atoms with van der Waals surface area (Å²) in [6.07, 6.45) is -3.01. The third-order valence-corrected chi connectivity index (χ3v) is 4.95. The number of carbonyl (C=O) groups excluding carboxylic acids is 2. The van der Waals surface area contributed by atoms with Gasteiger partial charge in [-0.05, 0) is 20.8 Å². The standard InChI is InChI=1S/C14H23Cl6N3O4/c1-12(2,3)23(6-9(25)14(18,19)20)10(26)7-22(11(27)21-4)5-8(24)13(15,16)17/h8-9,24-25H,5-7H2,1-4H3,(H,21,27). The van der Waals surface area contributed by atoms with E-state index in [2.05, 4.69) is 5.32 Å². The van der Waals surface area contributed by atoms with Gasteiger partial charge >= 0.3 is 6.03 Å². The maximum Gasteiger partial charge on any atom is 0.317 e. The van der Waals surface area contributed by atoms with Gasteiger partial charge in [0.05, 0.1) is 13.1 Å². The average Bonchev–Trinajstić information content (AvgIpc) is 2.47. The first-order chi connectivity index (χ1) is 11.9. The number of nitrogens with one attached hydrogen (secondary N) is 1. The number of halogens is 6. The van der Waals surface area contributed by atoms with E-state index >= 15 is 0 Å². The first-order valence-electron chi connectivity index (χ1n) is 7.68. The summed E-state index contributed by atoms with van der Waals surface area (Å²) in [4.78, 5) is 27.1. The van der Waals surface area contributed by atoms with E-state index in [9.17, 15) is 19.8 Å². The van der Waals surface area contributed by atoms with Crippen molar-refractivity contribution in [3.05, 3.63) is 0 Å². The van der Waals surface area contributed by atoms with Gasteiger partial charge in [0.2, 0.25) is 13.5 Å². The summed E-state index contributed by atoms with van der Waals surface area (Å²) in [5, 5.41) is 22.3. The van der Waals surface area contributed by atoms with Gasteiger partial charge in [0.15, 0.2) is 0 Å². The van der Waals surface area contributed by atoms with Crippen LogP contribution < -0.4 is 5.32 Å². The second kappa shape index (κ2) is 10.4. The average molecular weight is 510 g/mol. The Kier molecular flexibility index (Phi) is 10.6. The van der Waals surface area contributed by atoms with Crippen LogP contribution in [0.4, 0.5) is 4.79 Å². The molecule has 0 aromatic carbocycles. The van der Waals surface area contributed by atoms with Crippen LogP contribution in [0.25, 0.3) is 0 Å². The van der Waals surface area contributed by atoms with Crippen LogP contribution in [0.3, 0.4) is 0 Å². The number of nitrogens with zero attached hydrogens (tertiary/aromatic N) is 2. The molecule has 0 saturated carbocycles. The Balaban J connectivity index is 5.46. The molecule has 0 aromatic rings. The smallest absolute Gasteiger partial charge is 0.317 e. The third-order valence-electron chi connectivity index (χ3n) is 3.44. The predicted octanol–water partition coefficient (Wildman–Crippen LogP) is 2.72. The normalized spacial score (nSPS) is 15.1. The van der Waals surface area contributed by atoms with E-state index < -0.39 is 50.4 Å². The number of hydrogen-bond acceptors (Lipinski definition) is 4. The van der Waals surface area contributed by atoms with Crippen molar-refractivity contribution in [3.63, 3.8) is 0 Å².